The van der Waals surface area contributed by atoms with Crippen LogP contribution in [0.2, 0.25) is 0 Å². The van der Waals surface area contributed by atoms with E-state index in [9.17, 15) is 4.79 Å². The quantitative estimate of drug-likeness (QED) is 0.756. The zero-order valence-electron chi connectivity index (χ0n) is 15.4. The molecule has 1 fully saturated rings. The first kappa shape index (κ1) is 16.5. The van der Waals surface area contributed by atoms with Crippen molar-refractivity contribution in [1.82, 2.24) is 19.9 Å². The predicted octanol–water partition coefficient (Wildman–Crippen LogP) is 3.78. The molecule has 0 spiro atoms. The number of H-pyrrole nitrogens is 1. The van der Waals surface area contributed by atoms with Crippen molar-refractivity contribution in [1.29, 1.82) is 0 Å². The van der Waals surface area contributed by atoms with E-state index in [0.29, 0.717) is 5.92 Å². The van der Waals surface area contributed by atoms with Gasteiger partial charge in [0, 0.05) is 47.5 Å². The van der Waals surface area contributed by atoms with Gasteiger partial charge in [-0.25, -0.2) is 9.97 Å². The summed E-state index contributed by atoms with van der Waals surface area (Å²) >= 11 is 0. The first-order valence-electron chi connectivity index (χ1n) is 9.95. The van der Waals surface area contributed by atoms with Crippen LogP contribution in [0.15, 0.2) is 42.9 Å². The Morgan fingerprint density at radius 1 is 1.15 bits per heavy atom. The number of rotatable bonds is 2. The predicted molar refractivity (Wildman–Crippen MR) is 105 cm³/mol. The molecule has 0 bridgehead atoms. The van der Waals surface area contributed by atoms with Crippen molar-refractivity contribution in [3.63, 3.8) is 0 Å². The van der Waals surface area contributed by atoms with Crippen molar-refractivity contribution in [2.75, 3.05) is 13.1 Å². The summed E-state index contributed by atoms with van der Waals surface area (Å²) < 4.78 is 0. The number of piperidine rings is 1. The third-order valence-electron chi connectivity index (χ3n) is 6.17. The molecule has 5 heteroatoms. The van der Waals surface area contributed by atoms with Crippen molar-refractivity contribution < 1.29 is 4.79 Å². The summed E-state index contributed by atoms with van der Waals surface area (Å²) in [5.74, 6) is 0.558. The Balaban J connectivity index is 1.42. The number of carbonyl (C=O) groups excluding carboxylic acids is 1. The minimum Gasteiger partial charge on any atom is -0.357 e. The molecule has 0 unspecified atom stereocenters. The molecule has 2 atom stereocenters. The number of nitrogens with one attached hydrogen (secondary N) is 1. The summed E-state index contributed by atoms with van der Waals surface area (Å²) in [5.41, 5.74) is 4.70. The van der Waals surface area contributed by atoms with Gasteiger partial charge < -0.3 is 9.88 Å². The Morgan fingerprint density at radius 3 is 2.96 bits per heavy atom. The zero-order chi connectivity index (χ0) is 18.2. The summed E-state index contributed by atoms with van der Waals surface area (Å²) in [6, 6.07) is 10.4. The van der Waals surface area contributed by atoms with E-state index in [-0.39, 0.29) is 11.8 Å². The van der Waals surface area contributed by atoms with Crippen LogP contribution in [0, 0.1) is 0 Å². The summed E-state index contributed by atoms with van der Waals surface area (Å²) in [4.78, 5) is 27.5. The van der Waals surface area contributed by atoms with Gasteiger partial charge in [0.25, 0.3) is 0 Å². The molecule has 1 amide bonds. The van der Waals surface area contributed by atoms with Gasteiger partial charge in [0.2, 0.25) is 5.91 Å². The second kappa shape index (κ2) is 6.80. The minimum atomic E-state index is -0.0368. The normalized spacial score (nSPS) is 22.6. The minimum absolute atomic E-state index is 0.0368. The van der Waals surface area contributed by atoms with Gasteiger partial charge in [-0.1, -0.05) is 18.2 Å². The van der Waals surface area contributed by atoms with Gasteiger partial charge in [-0.3, -0.25) is 4.79 Å². The van der Waals surface area contributed by atoms with E-state index < -0.39 is 0 Å². The molecule has 27 heavy (non-hydrogen) atoms. The molecular formula is C22H24N4O. The van der Waals surface area contributed by atoms with Crippen molar-refractivity contribution in [2.24, 2.45) is 0 Å². The van der Waals surface area contributed by atoms with Gasteiger partial charge in [0.05, 0.1) is 5.92 Å². The molecule has 2 aromatic heterocycles. The van der Waals surface area contributed by atoms with E-state index in [2.05, 4.69) is 44.1 Å². The van der Waals surface area contributed by atoms with Crippen molar-refractivity contribution in [2.45, 2.75) is 43.9 Å². The van der Waals surface area contributed by atoms with Crippen LogP contribution >= 0.6 is 0 Å². The highest BCUT2D eigenvalue weighted by Crippen LogP contribution is 2.38. The number of hydrogen-bond donors (Lipinski definition) is 1. The highest BCUT2D eigenvalue weighted by molar-refractivity contribution is 5.90. The molecule has 5 nitrogen and oxygen atoms in total. The third kappa shape index (κ3) is 2.91. The molecule has 138 valence electrons. The van der Waals surface area contributed by atoms with E-state index in [1.807, 2.05) is 6.07 Å². The molecule has 3 aromatic rings. The average Bonchev–Trinajstić information content (AvgIpc) is 3.13. The summed E-state index contributed by atoms with van der Waals surface area (Å²) in [6.07, 6.45) is 8.60. The Bertz CT molecular complexity index is 965. The van der Waals surface area contributed by atoms with Crippen LogP contribution in [-0.2, 0) is 11.2 Å². The molecule has 1 aromatic carbocycles. The van der Waals surface area contributed by atoms with Gasteiger partial charge in [0.15, 0.2) is 0 Å². The number of aromatic amines is 1. The number of aryl methyl sites for hydroxylation is 1. The fourth-order valence-electron chi connectivity index (χ4n) is 4.84. The monoisotopic (exact) mass is 360 g/mol. The van der Waals surface area contributed by atoms with Gasteiger partial charge in [-0.05, 0) is 49.8 Å². The highest BCUT2D eigenvalue weighted by Gasteiger charge is 2.34. The summed E-state index contributed by atoms with van der Waals surface area (Å²) in [5, 5.41) is 1.28. The molecule has 1 aliphatic carbocycles. The number of amides is 1. The smallest absolute Gasteiger partial charge is 0.231 e. The van der Waals surface area contributed by atoms with E-state index in [4.69, 9.17) is 0 Å². The summed E-state index contributed by atoms with van der Waals surface area (Å²) in [7, 11) is 0. The third-order valence-corrected chi connectivity index (χ3v) is 6.17. The fraction of sp³-hybridized carbons (Fsp3) is 0.409. The number of fused-ring (bicyclic) bond motifs is 3. The molecular weight excluding hydrogens is 336 g/mol. The molecule has 5 rings (SSSR count). The lowest BCUT2D eigenvalue weighted by molar-refractivity contribution is -0.134. The Morgan fingerprint density at radius 2 is 2.07 bits per heavy atom. The standard InChI is InChI=1S/C22H24N4O/c27-22(26-12-4-5-15(13-26)19-10-11-23-14-24-19)18-8-3-7-17-16-6-1-2-9-20(16)25-21(17)18/h1-2,6,9-11,14-15,18,25H,3-5,7-8,12-13H2/t15-,18-/m1/s1. The maximum Gasteiger partial charge on any atom is 0.231 e. The molecule has 0 saturated carbocycles. The SMILES string of the molecule is O=C([C@@H]1CCCc2c1[nH]c1ccccc21)N1CCC[C@@H](c2ccncn2)C1. The molecule has 1 saturated heterocycles. The first-order chi connectivity index (χ1) is 13.3. The van der Waals surface area contributed by atoms with Crippen LogP contribution in [0.5, 0.6) is 0 Å². The van der Waals surface area contributed by atoms with Gasteiger partial charge >= 0.3 is 0 Å². The van der Waals surface area contributed by atoms with Crippen LogP contribution in [0.25, 0.3) is 10.9 Å². The number of carbonyl (C=O) groups is 1. The maximum atomic E-state index is 13.4. The molecule has 2 aliphatic rings. The Labute approximate surface area is 158 Å². The number of hydrogen-bond acceptors (Lipinski definition) is 3. The van der Waals surface area contributed by atoms with Crippen LogP contribution in [0.1, 0.15) is 54.5 Å². The van der Waals surface area contributed by atoms with Crippen molar-refractivity contribution in [3.05, 3.63) is 59.8 Å². The van der Waals surface area contributed by atoms with Gasteiger partial charge in [-0.15, -0.1) is 0 Å². The van der Waals surface area contributed by atoms with Crippen LogP contribution in [0.3, 0.4) is 0 Å². The number of benzene rings is 1. The van der Waals surface area contributed by atoms with Crippen molar-refractivity contribution >= 4 is 16.8 Å². The van der Waals surface area contributed by atoms with E-state index in [1.165, 1.54) is 10.9 Å². The summed E-state index contributed by atoms with van der Waals surface area (Å²) in [6.45, 7) is 1.62. The second-order valence-corrected chi connectivity index (χ2v) is 7.77. The van der Waals surface area contributed by atoms with Crippen LogP contribution in [-0.4, -0.2) is 38.8 Å². The lowest BCUT2D eigenvalue weighted by atomic mass is 9.85. The Kier molecular flexibility index (Phi) is 4.15. The van der Waals surface area contributed by atoms with E-state index in [0.717, 1.165) is 62.1 Å². The largest absolute Gasteiger partial charge is 0.357 e. The van der Waals surface area contributed by atoms with Gasteiger partial charge in [0.1, 0.15) is 6.33 Å². The molecule has 0 radical (unpaired) electrons. The van der Waals surface area contributed by atoms with Crippen molar-refractivity contribution in [3.8, 4) is 0 Å². The van der Waals surface area contributed by atoms with E-state index in [1.54, 1.807) is 12.5 Å². The van der Waals surface area contributed by atoms with Gasteiger partial charge in [-0.2, -0.15) is 0 Å². The molecule has 3 heterocycles. The van der Waals surface area contributed by atoms with Crippen LogP contribution < -0.4 is 0 Å². The average molecular weight is 360 g/mol. The number of likely N-dealkylation sites (tertiary alicyclic amines) is 1. The number of aromatic nitrogens is 3. The Hall–Kier alpha value is -2.69. The van der Waals surface area contributed by atoms with E-state index >= 15 is 0 Å². The highest BCUT2D eigenvalue weighted by atomic mass is 16.2. The lowest BCUT2D eigenvalue weighted by Crippen LogP contribution is -2.42. The topological polar surface area (TPSA) is 61.9 Å². The molecule has 1 aliphatic heterocycles. The molecule has 1 N–H and O–H groups in total. The fourth-order valence-corrected chi connectivity index (χ4v) is 4.84. The first-order valence-corrected chi connectivity index (χ1v) is 9.95. The number of nitrogens with zero attached hydrogens (tertiary/aromatic N) is 3. The zero-order valence-corrected chi connectivity index (χ0v) is 15.4. The number of para-hydroxylation sites is 1. The van der Waals surface area contributed by atoms with Crippen LogP contribution in [0.4, 0.5) is 0 Å². The second-order valence-electron chi connectivity index (χ2n) is 7.77. The maximum absolute atomic E-state index is 13.4. The lowest BCUT2D eigenvalue weighted by Gasteiger charge is -2.35.